The zero-order chi connectivity index (χ0) is 63.9. The molecule has 88 heavy (non-hydrogen) atoms. The second-order valence-corrected chi connectivity index (χ2v) is 24.5. The highest BCUT2D eigenvalue weighted by molar-refractivity contribution is 5.93. The number of nitrogens with one attached hydrogen (secondary N) is 1. The van der Waals surface area contributed by atoms with E-state index in [1.807, 2.05) is 230 Å². The van der Waals surface area contributed by atoms with E-state index in [0.29, 0.717) is 24.0 Å². The quantitative estimate of drug-likeness (QED) is 0.0446. The van der Waals surface area contributed by atoms with Crippen LogP contribution in [0.4, 0.5) is 0 Å². The van der Waals surface area contributed by atoms with E-state index in [-0.39, 0.29) is 18.5 Å². The Labute approximate surface area is 520 Å². The lowest BCUT2D eigenvalue weighted by Crippen LogP contribution is -2.64. The molecule has 7 amide bonds. The average molecular weight is 1200 g/mol. The maximum absolute atomic E-state index is 15.7. The summed E-state index contributed by atoms with van der Waals surface area (Å²) in [6.45, 7) is 15.7. The van der Waals surface area contributed by atoms with Gasteiger partial charge in [0, 0.05) is 23.2 Å². The Hall–Kier alpha value is -8.51. The van der Waals surface area contributed by atoms with Crippen LogP contribution in [-0.4, -0.2) is 144 Å². The van der Waals surface area contributed by atoms with Crippen molar-refractivity contribution in [1.82, 2.24) is 39.8 Å². The summed E-state index contributed by atoms with van der Waals surface area (Å²) >= 11 is 0. The van der Waals surface area contributed by atoms with E-state index >= 15 is 19.2 Å². The Kier molecular flexibility index (Phi) is 23.2. The highest BCUT2D eigenvalue weighted by Crippen LogP contribution is 2.39. The summed E-state index contributed by atoms with van der Waals surface area (Å²) < 4.78 is 0. The van der Waals surface area contributed by atoms with Crippen LogP contribution < -0.4 is 11.1 Å². The Morgan fingerprint density at radius 1 is 0.409 bits per heavy atom. The van der Waals surface area contributed by atoms with E-state index in [1.165, 1.54) is 29.6 Å². The monoisotopic (exact) mass is 1200 g/mol. The molecule has 0 radical (unpaired) electrons. The van der Waals surface area contributed by atoms with Gasteiger partial charge in [0.25, 0.3) is 0 Å². The van der Waals surface area contributed by atoms with Crippen LogP contribution in [0.1, 0.15) is 152 Å². The van der Waals surface area contributed by atoms with Crippen LogP contribution in [0.5, 0.6) is 0 Å². The van der Waals surface area contributed by atoms with Gasteiger partial charge in [0.1, 0.15) is 32.7 Å². The molecule has 466 valence electrons. The molecule has 1 saturated heterocycles. The average Bonchev–Trinajstić information content (AvgIpc) is 1.74. The number of amides is 7. The molecule has 6 atom stereocenters. The van der Waals surface area contributed by atoms with Gasteiger partial charge in [-0.2, -0.15) is 5.06 Å². The molecule has 1 aliphatic heterocycles. The smallest absolute Gasteiger partial charge is 0.243 e. The van der Waals surface area contributed by atoms with Crippen molar-refractivity contribution in [2.24, 2.45) is 5.73 Å². The third-order valence-corrected chi connectivity index (χ3v) is 17.4. The van der Waals surface area contributed by atoms with Crippen molar-refractivity contribution in [3.63, 3.8) is 0 Å². The standard InChI is InChI=1S/C71H89N9O8/c1-50(56-29-17-11-18-30-56)73-43-64(82)79(62-41-70(7,8)80(88)71(9,10)42-62)49-69(87)78(55(6)61-39-27-16-28-40-61)48-68(86)77(54(5)60-37-25-15-26-38-60)47-67(85)76(53(4)59-35-23-14-24-36-59)46-66(84)75(52(3)58-33-21-13-22-34-58)45-65(83)74(44-63(72)81)51(2)57-31-19-12-20-32-57/h11-40,50-55,62,73,88H,41-49H2,1-10H3,(H2,72,81)/t50-,51-,52-,53-,54-,55-/m0/s1. The minimum Gasteiger partial charge on any atom is -0.368 e. The zero-order valence-corrected chi connectivity index (χ0v) is 52.7. The van der Waals surface area contributed by atoms with E-state index in [9.17, 15) is 19.6 Å². The van der Waals surface area contributed by atoms with Crippen molar-refractivity contribution in [3.05, 3.63) is 215 Å². The molecule has 0 aliphatic carbocycles. The van der Waals surface area contributed by atoms with Gasteiger partial charge >= 0.3 is 0 Å². The van der Waals surface area contributed by atoms with E-state index in [4.69, 9.17) is 5.73 Å². The third-order valence-electron chi connectivity index (χ3n) is 17.4. The molecular formula is C71H89N9O8. The van der Waals surface area contributed by atoms with Gasteiger partial charge in [-0.05, 0) is 115 Å². The van der Waals surface area contributed by atoms with Crippen LogP contribution in [0.2, 0.25) is 0 Å². The lowest BCUT2D eigenvalue weighted by atomic mass is 9.78. The summed E-state index contributed by atoms with van der Waals surface area (Å²) in [5.74, 6) is -3.83. The first-order valence-electron chi connectivity index (χ1n) is 30.5. The largest absolute Gasteiger partial charge is 0.368 e. The van der Waals surface area contributed by atoms with Crippen LogP contribution in [0, 0.1) is 0 Å². The number of hydrogen-bond acceptors (Lipinski definition) is 10. The predicted octanol–water partition coefficient (Wildman–Crippen LogP) is 10.0. The van der Waals surface area contributed by atoms with E-state index in [2.05, 4.69) is 5.32 Å². The fourth-order valence-electron chi connectivity index (χ4n) is 12.2. The van der Waals surface area contributed by atoms with Crippen molar-refractivity contribution in [3.8, 4) is 0 Å². The Balaban J connectivity index is 1.25. The molecule has 1 fully saturated rings. The van der Waals surface area contributed by atoms with Gasteiger partial charge in [0.2, 0.25) is 41.4 Å². The zero-order valence-electron chi connectivity index (χ0n) is 52.7. The van der Waals surface area contributed by atoms with E-state index < -0.39 is 122 Å². The normalized spacial score (nSPS) is 15.9. The molecule has 0 bridgehead atoms. The molecule has 1 heterocycles. The number of hydrogen-bond donors (Lipinski definition) is 3. The van der Waals surface area contributed by atoms with E-state index in [0.717, 1.165) is 22.3 Å². The van der Waals surface area contributed by atoms with Gasteiger partial charge in [-0.3, -0.25) is 33.6 Å². The molecule has 6 aromatic carbocycles. The third kappa shape index (κ3) is 17.2. The number of carbonyl (C=O) groups is 7. The molecule has 0 unspecified atom stereocenters. The van der Waals surface area contributed by atoms with Crippen LogP contribution in [0.25, 0.3) is 0 Å². The van der Waals surface area contributed by atoms with Gasteiger partial charge < -0.3 is 45.7 Å². The highest BCUT2D eigenvalue weighted by atomic mass is 16.5. The van der Waals surface area contributed by atoms with Crippen LogP contribution in [0.3, 0.4) is 0 Å². The van der Waals surface area contributed by atoms with Crippen molar-refractivity contribution in [2.75, 3.05) is 45.8 Å². The molecule has 0 saturated carbocycles. The molecule has 6 aromatic rings. The molecule has 4 N–H and O–H groups in total. The second-order valence-electron chi connectivity index (χ2n) is 24.5. The molecule has 7 rings (SSSR count). The van der Waals surface area contributed by atoms with Crippen molar-refractivity contribution in [2.45, 2.75) is 135 Å². The molecule has 0 aromatic heterocycles. The Morgan fingerprint density at radius 2 is 0.648 bits per heavy atom. The van der Waals surface area contributed by atoms with Crippen molar-refractivity contribution in [1.29, 1.82) is 0 Å². The van der Waals surface area contributed by atoms with Gasteiger partial charge in [0.05, 0.1) is 43.3 Å². The van der Waals surface area contributed by atoms with E-state index in [1.54, 1.807) is 25.7 Å². The van der Waals surface area contributed by atoms with Gasteiger partial charge in [-0.15, -0.1) is 0 Å². The van der Waals surface area contributed by atoms with Crippen LogP contribution in [-0.2, 0) is 33.6 Å². The van der Waals surface area contributed by atoms with Crippen LogP contribution >= 0.6 is 0 Å². The molecule has 17 heteroatoms. The molecular weight excluding hydrogens is 1110 g/mol. The van der Waals surface area contributed by atoms with Crippen molar-refractivity contribution < 1.29 is 38.8 Å². The summed E-state index contributed by atoms with van der Waals surface area (Å²) in [5.41, 5.74) is 8.79. The first-order chi connectivity index (χ1) is 41.9. The summed E-state index contributed by atoms with van der Waals surface area (Å²) in [7, 11) is 0. The summed E-state index contributed by atoms with van der Waals surface area (Å²) in [6.07, 6.45) is 0.692. The lowest BCUT2D eigenvalue weighted by Gasteiger charge is -2.53. The number of piperidine rings is 1. The van der Waals surface area contributed by atoms with Crippen molar-refractivity contribution >= 4 is 41.4 Å². The molecule has 0 spiro atoms. The lowest BCUT2D eigenvalue weighted by molar-refractivity contribution is -0.251. The summed E-state index contributed by atoms with van der Waals surface area (Å²) in [4.78, 5) is 113. The minimum absolute atomic E-state index is 0.0952. The first-order valence-corrected chi connectivity index (χ1v) is 30.5. The Bertz CT molecular complexity index is 3250. The van der Waals surface area contributed by atoms with Gasteiger partial charge in [-0.1, -0.05) is 182 Å². The summed E-state index contributed by atoms with van der Waals surface area (Å²) in [6, 6.07) is 51.8. The second kappa shape index (κ2) is 30.4. The topological polar surface area (TPSA) is 200 Å². The fraction of sp³-hybridized carbons (Fsp3) is 0.394. The minimum atomic E-state index is -0.784. The molecule has 1 aliphatic rings. The first kappa shape index (κ1) is 67.0. The number of nitrogens with zero attached hydrogens (tertiary/aromatic N) is 7. The summed E-state index contributed by atoms with van der Waals surface area (Å²) in [5, 5.41) is 16.1. The maximum Gasteiger partial charge on any atom is 0.243 e. The van der Waals surface area contributed by atoms with Crippen LogP contribution in [0.15, 0.2) is 182 Å². The van der Waals surface area contributed by atoms with Gasteiger partial charge in [-0.25, -0.2) is 0 Å². The predicted molar refractivity (Wildman–Crippen MR) is 341 cm³/mol. The Morgan fingerprint density at radius 3 is 0.909 bits per heavy atom. The number of carbonyl (C=O) groups excluding carboxylic acids is 7. The molecule has 17 nitrogen and oxygen atoms in total. The number of benzene rings is 6. The number of primary amides is 1. The van der Waals surface area contributed by atoms with Gasteiger partial charge in [0.15, 0.2) is 0 Å². The SMILES string of the molecule is C[C@H](NCC(=O)N(CC(=O)N(CC(=O)N(CC(=O)N(CC(=O)N(CC(=O)N(CC(N)=O)[C@@H](C)c1ccccc1)[C@@H](C)c1ccccc1)[C@@H](C)c1ccccc1)[C@@H](C)c1ccccc1)[C@@H](C)c1ccccc1)C1CC(C)(C)N(O)C(C)(C)C1)c1ccccc1. The maximum atomic E-state index is 15.7. The highest BCUT2D eigenvalue weighted by Gasteiger charge is 2.48. The number of rotatable bonds is 27. The number of nitrogens with two attached hydrogens (primary N) is 1. The number of hydroxylamine groups is 2. The fourth-order valence-corrected chi connectivity index (χ4v) is 12.2.